The summed E-state index contributed by atoms with van der Waals surface area (Å²) in [5, 5.41) is 3.65. The molecule has 3 rings (SSSR count). The summed E-state index contributed by atoms with van der Waals surface area (Å²) in [6, 6.07) is 12.2. The topological polar surface area (TPSA) is 71.1 Å². The fourth-order valence-corrected chi connectivity index (χ4v) is 3.97. The Morgan fingerprint density at radius 1 is 0.970 bits per heavy atom. The quantitative estimate of drug-likeness (QED) is 0.635. The van der Waals surface area contributed by atoms with Gasteiger partial charge in [-0.3, -0.25) is 14.5 Å². The molecule has 1 saturated heterocycles. The largest absolute Gasteiger partial charge is 0.497 e. The number of rotatable bonds is 8. The average molecular weight is 474 g/mol. The van der Waals surface area contributed by atoms with Crippen LogP contribution >= 0.6 is 11.6 Å². The van der Waals surface area contributed by atoms with Gasteiger partial charge in [-0.2, -0.15) is 0 Å². The van der Waals surface area contributed by atoms with E-state index in [1.54, 1.807) is 18.2 Å². The van der Waals surface area contributed by atoms with Crippen molar-refractivity contribution in [3.8, 4) is 11.5 Å². The standard InChI is InChI=1S/C25H32ClN3O4/c1-17(2)23(27-24(30)19-13-21(32-3)15-22(14-19)33-4)25(31)29-11-9-28(10-12-29)16-18-5-7-20(26)8-6-18/h5-8,13-15,17,23H,9-12,16H2,1-4H3,(H,27,30)/t23-/m1/s1. The maximum atomic E-state index is 13.3. The van der Waals surface area contributed by atoms with E-state index >= 15 is 0 Å². The third kappa shape index (κ3) is 6.62. The number of nitrogens with zero attached hydrogens (tertiary/aromatic N) is 2. The Bertz CT molecular complexity index is 934. The lowest BCUT2D eigenvalue weighted by molar-refractivity contribution is -0.136. The average Bonchev–Trinajstić information content (AvgIpc) is 2.83. The third-order valence-electron chi connectivity index (χ3n) is 5.84. The molecule has 2 aromatic rings. The molecule has 0 saturated carbocycles. The molecule has 0 aliphatic carbocycles. The summed E-state index contributed by atoms with van der Waals surface area (Å²) in [5.41, 5.74) is 1.58. The molecule has 0 radical (unpaired) electrons. The summed E-state index contributed by atoms with van der Waals surface area (Å²) >= 11 is 5.97. The van der Waals surface area contributed by atoms with Crippen LogP contribution in [0, 0.1) is 5.92 Å². The van der Waals surface area contributed by atoms with Crippen molar-refractivity contribution >= 4 is 23.4 Å². The lowest BCUT2D eigenvalue weighted by Crippen LogP contribution is -2.56. The van der Waals surface area contributed by atoms with Gasteiger partial charge in [-0.15, -0.1) is 0 Å². The molecule has 0 aromatic heterocycles. The van der Waals surface area contributed by atoms with Crippen LogP contribution < -0.4 is 14.8 Å². The van der Waals surface area contributed by atoms with Crippen LogP contribution in [0.5, 0.6) is 11.5 Å². The molecule has 1 aliphatic rings. The number of carbonyl (C=O) groups excluding carboxylic acids is 2. The number of ether oxygens (including phenoxy) is 2. The second kappa shape index (κ2) is 11.4. The van der Waals surface area contributed by atoms with Crippen molar-refractivity contribution in [2.45, 2.75) is 26.4 Å². The summed E-state index contributed by atoms with van der Waals surface area (Å²) in [6.45, 7) is 7.50. The molecular weight excluding hydrogens is 442 g/mol. The van der Waals surface area contributed by atoms with Crippen molar-refractivity contribution in [2.24, 2.45) is 5.92 Å². The number of methoxy groups -OCH3 is 2. The van der Waals surface area contributed by atoms with Crippen molar-refractivity contribution < 1.29 is 19.1 Å². The van der Waals surface area contributed by atoms with Gasteiger partial charge in [-0.1, -0.05) is 37.6 Å². The van der Waals surface area contributed by atoms with Crippen LogP contribution in [-0.2, 0) is 11.3 Å². The summed E-state index contributed by atoms with van der Waals surface area (Å²) in [5.74, 6) is 0.591. The van der Waals surface area contributed by atoms with Crippen molar-refractivity contribution in [1.29, 1.82) is 0 Å². The van der Waals surface area contributed by atoms with Crippen molar-refractivity contribution in [3.63, 3.8) is 0 Å². The monoisotopic (exact) mass is 473 g/mol. The first-order chi connectivity index (χ1) is 15.8. The second-order valence-corrected chi connectivity index (χ2v) is 8.96. The van der Waals surface area contributed by atoms with Gasteiger partial charge >= 0.3 is 0 Å². The maximum absolute atomic E-state index is 13.3. The lowest BCUT2D eigenvalue weighted by atomic mass is 10.0. The minimum absolute atomic E-state index is 0.0546. The molecule has 1 atom stereocenters. The van der Waals surface area contributed by atoms with Crippen LogP contribution in [0.4, 0.5) is 0 Å². The van der Waals surface area contributed by atoms with E-state index in [1.807, 2.05) is 43.0 Å². The molecule has 0 unspecified atom stereocenters. The second-order valence-electron chi connectivity index (χ2n) is 8.52. The minimum Gasteiger partial charge on any atom is -0.497 e. The number of benzene rings is 2. The van der Waals surface area contributed by atoms with E-state index in [0.717, 1.165) is 24.7 Å². The zero-order chi connectivity index (χ0) is 24.0. The molecule has 1 heterocycles. The van der Waals surface area contributed by atoms with Gasteiger partial charge in [0.2, 0.25) is 5.91 Å². The number of amides is 2. The van der Waals surface area contributed by atoms with Crippen LogP contribution in [0.3, 0.4) is 0 Å². The van der Waals surface area contributed by atoms with Gasteiger partial charge in [0.25, 0.3) is 5.91 Å². The molecule has 8 heteroatoms. The fourth-order valence-electron chi connectivity index (χ4n) is 3.85. The molecule has 1 aliphatic heterocycles. The Morgan fingerprint density at radius 2 is 1.55 bits per heavy atom. The van der Waals surface area contributed by atoms with Gasteiger partial charge in [0.1, 0.15) is 17.5 Å². The van der Waals surface area contributed by atoms with Gasteiger partial charge in [-0.05, 0) is 35.7 Å². The van der Waals surface area contributed by atoms with E-state index in [1.165, 1.54) is 19.8 Å². The van der Waals surface area contributed by atoms with Gasteiger partial charge in [0.15, 0.2) is 0 Å². The molecule has 0 spiro atoms. The van der Waals surface area contributed by atoms with Gasteiger partial charge < -0.3 is 19.7 Å². The maximum Gasteiger partial charge on any atom is 0.252 e. The Balaban J connectivity index is 1.61. The zero-order valence-electron chi connectivity index (χ0n) is 19.6. The van der Waals surface area contributed by atoms with Gasteiger partial charge in [-0.25, -0.2) is 0 Å². The highest BCUT2D eigenvalue weighted by molar-refractivity contribution is 6.30. The smallest absolute Gasteiger partial charge is 0.252 e. The van der Waals surface area contributed by atoms with E-state index < -0.39 is 6.04 Å². The SMILES string of the molecule is COc1cc(OC)cc(C(=O)N[C@@H](C(=O)N2CCN(Cc3ccc(Cl)cc3)CC2)C(C)C)c1. The summed E-state index contributed by atoms with van der Waals surface area (Å²) in [4.78, 5) is 30.4. The third-order valence-corrected chi connectivity index (χ3v) is 6.09. The molecule has 1 N–H and O–H groups in total. The molecule has 2 aromatic carbocycles. The highest BCUT2D eigenvalue weighted by Gasteiger charge is 2.31. The molecule has 2 amide bonds. The molecule has 178 valence electrons. The molecule has 1 fully saturated rings. The number of nitrogens with one attached hydrogen (secondary N) is 1. The van der Waals surface area contributed by atoms with Crippen LogP contribution in [0.1, 0.15) is 29.8 Å². The number of piperazine rings is 1. The van der Waals surface area contributed by atoms with Gasteiger partial charge in [0.05, 0.1) is 14.2 Å². The summed E-state index contributed by atoms with van der Waals surface area (Å²) < 4.78 is 10.5. The minimum atomic E-state index is -0.613. The number of carbonyl (C=O) groups is 2. The van der Waals surface area contributed by atoms with E-state index in [-0.39, 0.29) is 17.7 Å². The van der Waals surface area contributed by atoms with E-state index in [4.69, 9.17) is 21.1 Å². The predicted octanol–water partition coefficient (Wildman–Crippen LogP) is 3.46. The number of halogens is 1. The van der Waals surface area contributed by atoms with Crippen LogP contribution in [0.15, 0.2) is 42.5 Å². The molecule has 33 heavy (non-hydrogen) atoms. The first-order valence-corrected chi connectivity index (χ1v) is 11.5. The van der Waals surface area contributed by atoms with Gasteiger partial charge in [0, 0.05) is 49.4 Å². The number of hydrogen-bond acceptors (Lipinski definition) is 5. The van der Waals surface area contributed by atoms with Crippen LogP contribution in [-0.4, -0.2) is 68.1 Å². The Morgan fingerprint density at radius 3 is 2.06 bits per heavy atom. The first-order valence-electron chi connectivity index (χ1n) is 11.1. The highest BCUT2D eigenvalue weighted by Crippen LogP contribution is 2.23. The normalized spacial score (nSPS) is 15.3. The lowest BCUT2D eigenvalue weighted by Gasteiger charge is -2.37. The van der Waals surface area contributed by atoms with Crippen molar-refractivity contribution in [2.75, 3.05) is 40.4 Å². The number of hydrogen-bond donors (Lipinski definition) is 1. The highest BCUT2D eigenvalue weighted by atomic mass is 35.5. The van der Waals surface area contributed by atoms with Crippen LogP contribution in [0.2, 0.25) is 5.02 Å². The van der Waals surface area contributed by atoms with E-state index in [2.05, 4.69) is 10.2 Å². The molecule has 0 bridgehead atoms. The predicted molar refractivity (Wildman–Crippen MR) is 129 cm³/mol. The van der Waals surface area contributed by atoms with E-state index in [0.29, 0.717) is 30.2 Å². The van der Waals surface area contributed by atoms with Crippen molar-refractivity contribution in [3.05, 3.63) is 58.6 Å². The molecular formula is C25H32ClN3O4. The Kier molecular flexibility index (Phi) is 8.58. The summed E-state index contributed by atoms with van der Waals surface area (Å²) in [7, 11) is 3.06. The first kappa shape index (κ1) is 24.9. The Labute approximate surface area is 200 Å². The molecule has 7 nitrogen and oxygen atoms in total. The summed E-state index contributed by atoms with van der Waals surface area (Å²) in [6.07, 6.45) is 0. The zero-order valence-corrected chi connectivity index (χ0v) is 20.4. The van der Waals surface area contributed by atoms with Crippen LogP contribution in [0.25, 0.3) is 0 Å². The van der Waals surface area contributed by atoms with Crippen molar-refractivity contribution in [1.82, 2.24) is 15.1 Å². The van der Waals surface area contributed by atoms with E-state index in [9.17, 15) is 9.59 Å². The Hall–Kier alpha value is -2.77. The fraction of sp³-hybridized carbons (Fsp3) is 0.440.